The van der Waals surface area contributed by atoms with Crippen molar-refractivity contribution >= 4 is 23.5 Å². The quantitative estimate of drug-likeness (QED) is 0.485. The fourth-order valence-corrected chi connectivity index (χ4v) is 3.01. The van der Waals surface area contributed by atoms with E-state index in [0.717, 1.165) is 10.5 Å². The van der Waals surface area contributed by atoms with Crippen LogP contribution in [0.1, 0.15) is 42.1 Å². The third-order valence-corrected chi connectivity index (χ3v) is 4.48. The van der Waals surface area contributed by atoms with Gasteiger partial charge in [-0.15, -0.1) is 10.2 Å². The van der Waals surface area contributed by atoms with Gasteiger partial charge < -0.3 is 9.15 Å². The number of nitrogens with zero attached hydrogens (tertiary/aromatic N) is 3. The predicted octanol–water partition coefficient (Wildman–Crippen LogP) is 3.31. The number of ether oxygens (including phenoxy) is 1. The molecule has 29 heavy (non-hydrogen) atoms. The van der Waals surface area contributed by atoms with E-state index in [4.69, 9.17) is 9.15 Å². The molecule has 8 nitrogen and oxygen atoms in total. The molecule has 2 amide bonds. The third kappa shape index (κ3) is 3.77. The molecule has 0 radical (unpaired) electrons. The van der Waals surface area contributed by atoms with Crippen molar-refractivity contribution in [3.63, 3.8) is 0 Å². The van der Waals surface area contributed by atoms with Crippen LogP contribution >= 0.6 is 0 Å². The zero-order chi connectivity index (χ0) is 20.4. The molecule has 0 saturated carbocycles. The third-order valence-electron chi connectivity index (χ3n) is 4.48. The Balaban J connectivity index is 1.48. The number of benzene rings is 2. The lowest BCUT2D eigenvalue weighted by molar-refractivity contribution is -0.121. The molecule has 3 aromatic rings. The Kier molecular flexibility index (Phi) is 4.90. The molecule has 4 rings (SSSR count). The van der Waals surface area contributed by atoms with Crippen molar-refractivity contribution < 1.29 is 23.5 Å². The summed E-state index contributed by atoms with van der Waals surface area (Å²) in [4.78, 5) is 37.4. The van der Waals surface area contributed by atoms with Crippen molar-refractivity contribution in [1.82, 2.24) is 10.2 Å². The second-order valence-electron chi connectivity index (χ2n) is 6.53. The Morgan fingerprint density at radius 1 is 1.03 bits per heavy atom. The van der Waals surface area contributed by atoms with Crippen molar-refractivity contribution in [3.05, 3.63) is 66.1 Å². The van der Waals surface area contributed by atoms with Crippen molar-refractivity contribution in [2.24, 2.45) is 0 Å². The fourth-order valence-electron chi connectivity index (χ4n) is 3.01. The molecule has 1 saturated heterocycles. The lowest BCUT2D eigenvalue weighted by Crippen LogP contribution is -2.28. The zero-order valence-electron chi connectivity index (χ0n) is 15.6. The van der Waals surface area contributed by atoms with E-state index >= 15 is 0 Å². The van der Waals surface area contributed by atoms with Crippen LogP contribution in [0.15, 0.2) is 59.0 Å². The highest BCUT2D eigenvalue weighted by molar-refractivity contribution is 6.20. The van der Waals surface area contributed by atoms with E-state index in [-0.39, 0.29) is 36.1 Å². The smallest absolute Gasteiger partial charge is 0.338 e. The number of hydrogen-bond acceptors (Lipinski definition) is 7. The summed E-state index contributed by atoms with van der Waals surface area (Å²) < 4.78 is 11.0. The van der Waals surface area contributed by atoms with Gasteiger partial charge in [0, 0.05) is 18.4 Å². The van der Waals surface area contributed by atoms with Crippen LogP contribution in [0.2, 0.25) is 0 Å². The zero-order valence-corrected chi connectivity index (χ0v) is 15.6. The summed E-state index contributed by atoms with van der Waals surface area (Å²) in [6, 6.07) is 15.5. The summed E-state index contributed by atoms with van der Waals surface area (Å²) in [6.45, 7) is 1.62. The van der Waals surface area contributed by atoms with E-state index in [2.05, 4.69) is 10.2 Å². The number of imide groups is 1. The van der Waals surface area contributed by atoms with E-state index in [1.807, 2.05) is 30.3 Å². The molecule has 8 heteroatoms. The Morgan fingerprint density at radius 2 is 1.76 bits per heavy atom. The summed E-state index contributed by atoms with van der Waals surface area (Å²) in [6.07, 6.45) is -0.428. The molecule has 1 fully saturated rings. The SMILES string of the molecule is C[C@H](OC(=O)c1cccc(N2C(=O)CCC2=O)c1)c1nnc(-c2ccccc2)o1. The first-order valence-electron chi connectivity index (χ1n) is 9.08. The van der Waals surface area contributed by atoms with Gasteiger partial charge in [0.2, 0.25) is 17.7 Å². The Morgan fingerprint density at radius 3 is 2.48 bits per heavy atom. The largest absolute Gasteiger partial charge is 0.449 e. The van der Waals surface area contributed by atoms with Gasteiger partial charge in [-0.3, -0.25) is 14.5 Å². The van der Waals surface area contributed by atoms with Gasteiger partial charge in [0.15, 0.2) is 6.10 Å². The van der Waals surface area contributed by atoms with Crippen LogP contribution in [-0.4, -0.2) is 28.0 Å². The fraction of sp³-hybridized carbons (Fsp3) is 0.190. The Bertz CT molecular complexity index is 1060. The standard InChI is InChI=1S/C21H17N3O5/c1-13(19-22-23-20(29-19)14-6-3-2-4-7-14)28-21(27)15-8-5-9-16(12-15)24-17(25)10-11-18(24)26/h2-9,12-13H,10-11H2,1H3/t13-/m0/s1. The number of anilines is 1. The molecule has 0 bridgehead atoms. The summed E-state index contributed by atoms with van der Waals surface area (Å²) in [5, 5.41) is 7.93. The molecule has 0 N–H and O–H groups in total. The maximum absolute atomic E-state index is 12.5. The van der Waals surface area contributed by atoms with Crippen LogP contribution in [0, 0.1) is 0 Å². The van der Waals surface area contributed by atoms with E-state index in [1.54, 1.807) is 25.1 Å². The van der Waals surface area contributed by atoms with Gasteiger partial charge in [-0.25, -0.2) is 4.79 Å². The molecule has 0 spiro atoms. The van der Waals surface area contributed by atoms with Crippen molar-refractivity contribution in [3.8, 4) is 11.5 Å². The second-order valence-corrected chi connectivity index (χ2v) is 6.53. The number of carbonyl (C=O) groups is 3. The summed E-state index contributed by atoms with van der Waals surface area (Å²) in [5.41, 5.74) is 1.32. The van der Waals surface area contributed by atoms with Gasteiger partial charge in [-0.2, -0.15) is 0 Å². The molecule has 1 aliphatic heterocycles. The number of hydrogen-bond donors (Lipinski definition) is 0. The minimum absolute atomic E-state index is 0.165. The second kappa shape index (κ2) is 7.67. The maximum Gasteiger partial charge on any atom is 0.338 e. The maximum atomic E-state index is 12.5. The number of aromatic nitrogens is 2. The van der Waals surface area contributed by atoms with Crippen molar-refractivity contribution in [2.45, 2.75) is 25.9 Å². The average Bonchev–Trinajstić information content (AvgIpc) is 3.36. The van der Waals surface area contributed by atoms with Crippen LogP contribution in [0.4, 0.5) is 5.69 Å². The molecule has 0 aliphatic carbocycles. The average molecular weight is 391 g/mol. The molecule has 1 aliphatic rings. The highest BCUT2D eigenvalue weighted by Gasteiger charge is 2.30. The minimum atomic E-state index is -0.772. The lowest BCUT2D eigenvalue weighted by atomic mass is 10.2. The summed E-state index contributed by atoms with van der Waals surface area (Å²) in [7, 11) is 0. The van der Waals surface area contributed by atoms with E-state index in [9.17, 15) is 14.4 Å². The molecular formula is C21H17N3O5. The van der Waals surface area contributed by atoms with Crippen LogP contribution < -0.4 is 4.90 Å². The number of carbonyl (C=O) groups excluding carboxylic acids is 3. The van der Waals surface area contributed by atoms with Crippen LogP contribution in [0.5, 0.6) is 0 Å². The summed E-state index contributed by atoms with van der Waals surface area (Å²) >= 11 is 0. The molecular weight excluding hydrogens is 374 g/mol. The first-order valence-corrected chi connectivity index (χ1v) is 9.08. The van der Waals surface area contributed by atoms with E-state index in [1.165, 1.54) is 6.07 Å². The van der Waals surface area contributed by atoms with Gasteiger partial charge >= 0.3 is 5.97 Å². The first-order chi connectivity index (χ1) is 14.0. The molecule has 146 valence electrons. The van der Waals surface area contributed by atoms with Crippen molar-refractivity contribution in [2.75, 3.05) is 4.90 Å². The predicted molar refractivity (Wildman–Crippen MR) is 102 cm³/mol. The van der Waals surface area contributed by atoms with Gasteiger partial charge in [0.25, 0.3) is 5.89 Å². The number of esters is 1. The molecule has 1 atom stereocenters. The highest BCUT2D eigenvalue weighted by atomic mass is 16.6. The van der Waals surface area contributed by atoms with Gasteiger partial charge in [-0.05, 0) is 37.3 Å². The van der Waals surface area contributed by atoms with Crippen LogP contribution in [0.3, 0.4) is 0 Å². The van der Waals surface area contributed by atoms with E-state index < -0.39 is 12.1 Å². The molecule has 2 heterocycles. The highest BCUT2D eigenvalue weighted by Crippen LogP contribution is 2.26. The normalized spacial score (nSPS) is 14.9. The Labute approximate surface area is 166 Å². The van der Waals surface area contributed by atoms with Gasteiger partial charge in [0.1, 0.15) is 0 Å². The van der Waals surface area contributed by atoms with Crippen molar-refractivity contribution in [1.29, 1.82) is 0 Å². The molecule has 2 aromatic carbocycles. The van der Waals surface area contributed by atoms with Crippen LogP contribution in [-0.2, 0) is 14.3 Å². The number of amides is 2. The van der Waals surface area contributed by atoms with Gasteiger partial charge in [0.05, 0.1) is 11.3 Å². The number of rotatable bonds is 5. The molecule has 0 unspecified atom stereocenters. The van der Waals surface area contributed by atoms with Gasteiger partial charge in [-0.1, -0.05) is 24.3 Å². The first kappa shape index (κ1) is 18.5. The van der Waals surface area contributed by atoms with E-state index in [0.29, 0.717) is 11.6 Å². The molecule has 1 aromatic heterocycles. The van der Waals surface area contributed by atoms with Crippen LogP contribution in [0.25, 0.3) is 11.5 Å². The minimum Gasteiger partial charge on any atom is -0.449 e. The monoisotopic (exact) mass is 391 g/mol. The summed E-state index contributed by atoms with van der Waals surface area (Å²) in [5.74, 6) is -0.700. The topological polar surface area (TPSA) is 103 Å². The Hall–Kier alpha value is -3.81. The lowest BCUT2D eigenvalue weighted by Gasteiger charge is -2.15.